The average molecular weight is 378 g/mol. The third kappa shape index (κ3) is 3.09. The highest BCUT2D eigenvalue weighted by atomic mass is 16.6. The van der Waals surface area contributed by atoms with Crippen LogP contribution in [0.2, 0.25) is 0 Å². The second-order valence-electron chi connectivity index (χ2n) is 6.47. The van der Waals surface area contributed by atoms with E-state index in [1.807, 2.05) is 24.4 Å². The van der Waals surface area contributed by atoms with E-state index in [-0.39, 0.29) is 17.2 Å². The summed E-state index contributed by atoms with van der Waals surface area (Å²) in [6.07, 6.45) is 6.38. The molecule has 0 radical (unpaired) electrons. The minimum atomic E-state index is -0.518. The zero-order valence-corrected chi connectivity index (χ0v) is 15.2. The van der Waals surface area contributed by atoms with Crippen LogP contribution in [-0.2, 0) is 0 Å². The molecule has 0 saturated carbocycles. The topological polar surface area (TPSA) is 101 Å². The Morgan fingerprint density at radius 2 is 2.21 bits per heavy atom. The number of hydrogen-bond acceptors (Lipinski definition) is 5. The number of aromatic amines is 1. The van der Waals surface area contributed by atoms with Gasteiger partial charge in [-0.15, -0.1) is 0 Å². The predicted molar refractivity (Wildman–Crippen MR) is 104 cm³/mol. The van der Waals surface area contributed by atoms with E-state index in [0.29, 0.717) is 25.3 Å². The van der Waals surface area contributed by atoms with E-state index >= 15 is 0 Å². The van der Waals surface area contributed by atoms with Gasteiger partial charge in [0.2, 0.25) is 0 Å². The summed E-state index contributed by atoms with van der Waals surface area (Å²) >= 11 is 0. The molecule has 0 fully saturated rings. The number of benzene rings is 1. The summed E-state index contributed by atoms with van der Waals surface area (Å²) < 4.78 is 5.22. The van der Waals surface area contributed by atoms with Crippen molar-refractivity contribution in [2.24, 2.45) is 0 Å². The fourth-order valence-electron chi connectivity index (χ4n) is 3.47. The molecule has 2 aromatic heterocycles. The van der Waals surface area contributed by atoms with Crippen LogP contribution in [0.1, 0.15) is 22.3 Å². The quantitative estimate of drug-likeness (QED) is 0.554. The normalized spacial score (nSPS) is 14.0. The first-order valence-corrected chi connectivity index (χ1v) is 8.81. The number of nitro benzene ring substituents is 1. The molecule has 8 heteroatoms. The molecule has 0 atom stereocenters. The Kier molecular flexibility index (Phi) is 4.52. The van der Waals surface area contributed by atoms with Gasteiger partial charge in [-0.1, -0.05) is 6.08 Å². The number of nitrogens with one attached hydrogen (secondary N) is 1. The summed E-state index contributed by atoms with van der Waals surface area (Å²) in [4.78, 5) is 32.6. The molecule has 1 aliphatic heterocycles. The first-order chi connectivity index (χ1) is 13.6. The lowest BCUT2D eigenvalue weighted by molar-refractivity contribution is -0.384. The maximum atomic E-state index is 12.9. The summed E-state index contributed by atoms with van der Waals surface area (Å²) in [5, 5.41) is 12.1. The smallest absolute Gasteiger partial charge is 0.270 e. The van der Waals surface area contributed by atoms with Gasteiger partial charge < -0.3 is 14.6 Å². The molecule has 8 nitrogen and oxygen atoms in total. The SMILES string of the molecule is COc1ccc([N+](=O)[O-])cc1C(=O)N1CC=C(c2c[nH]c3ncccc23)CC1. The van der Waals surface area contributed by atoms with Crippen LogP contribution in [0.5, 0.6) is 5.75 Å². The molecule has 0 aliphatic carbocycles. The van der Waals surface area contributed by atoms with Gasteiger partial charge in [-0.3, -0.25) is 14.9 Å². The largest absolute Gasteiger partial charge is 0.496 e. The highest BCUT2D eigenvalue weighted by Gasteiger charge is 2.25. The second-order valence-corrected chi connectivity index (χ2v) is 6.47. The molecular formula is C20H18N4O4. The third-order valence-corrected chi connectivity index (χ3v) is 4.92. The summed E-state index contributed by atoms with van der Waals surface area (Å²) in [7, 11) is 1.44. The lowest BCUT2D eigenvalue weighted by Gasteiger charge is -2.27. The number of ether oxygens (including phenoxy) is 1. The van der Waals surface area contributed by atoms with Gasteiger partial charge in [-0.25, -0.2) is 4.98 Å². The number of carbonyl (C=O) groups excluding carboxylic acids is 1. The number of fused-ring (bicyclic) bond motifs is 1. The van der Waals surface area contributed by atoms with Gasteiger partial charge >= 0.3 is 0 Å². The van der Waals surface area contributed by atoms with Crippen molar-refractivity contribution in [2.75, 3.05) is 20.2 Å². The molecule has 3 aromatic rings. The minimum absolute atomic E-state index is 0.135. The van der Waals surface area contributed by atoms with Crippen molar-refractivity contribution in [3.8, 4) is 5.75 Å². The van der Waals surface area contributed by atoms with E-state index < -0.39 is 4.92 Å². The number of aromatic nitrogens is 2. The van der Waals surface area contributed by atoms with Crippen molar-refractivity contribution in [3.63, 3.8) is 0 Å². The van der Waals surface area contributed by atoms with Gasteiger partial charge in [0, 0.05) is 48.6 Å². The lowest BCUT2D eigenvalue weighted by Crippen LogP contribution is -2.34. The van der Waals surface area contributed by atoms with Crippen molar-refractivity contribution in [2.45, 2.75) is 6.42 Å². The molecule has 28 heavy (non-hydrogen) atoms. The van der Waals surface area contributed by atoms with Crippen LogP contribution in [0.15, 0.2) is 48.8 Å². The highest BCUT2D eigenvalue weighted by Crippen LogP contribution is 2.30. The molecule has 0 bridgehead atoms. The van der Waals surface area contributed by atoms with Gasteiger partial charge in [-0.2, -0.15) is 0 Å². The fraction of sp³-hybridized carbons (Fsp3) is 0.200. The number of hydrogen-bond donors (Lipinski definition) is 1. The molecule has 0 saturated heterocycles. The van der Waals surface area contributed by atoms with Crippen LogP contribution in [0.3, 0.4) is 0 Å². The second kappa shape index (κ2) is 7.15. The average Bonchev–Trinajstić information content (AvgIpc) is 3.17. The molecule has 1 amide bonds. The van der Waals surface area contributed by atoms with Gasteiger partial charge in [0.15, 0.2) is 0 Å². The molecule has 1 N–H and O–H groups in total. The Bertz CT molecular complexity index is 1100. The van der Waals surface area contributed by atoms with Crippen molar-refractivity contribution < 1.29 is 14.5 Å². The number of carbonyl (C=O) groups is 1. The number of non-ortho nitro benzene ring substituents is 1. The Morgan fingerprint density at radius 3 is 2.93 bits per heavy atom. The van der Waals surface area contributed by atoms with Crippen LogP contribution in [0, 0.1) is 10.1 Å². The van der Waals surface area contributed by atoms with Gasteiger partial charge in [0.1, 0.15) is 11.4 Å². The predicted octanol–water partition coefficient (Wildman–Crippen LogP) is 3.41. The third-order valence-electron chi connectivity index (χ3n) is 4.92. The van der Waals surface area contributed by atoms with Crippen molar-refractivity contribution in [1.29, 1.82) is 0 Å². The fourth-order valence-corrected chi connectivity index (χ4v) is 3.47. The number of pyridine rings is 1. The number of rotatable bonds is 4. The summed E-state index contributed by atoms with van der Waals surface area (Å²) in [5.41, 5.74) is 3.13. The Labute approximate surface area is 160 Å². The molecule has 0 unspecified atom stereocenters. The number of H-pyrrole nitrogens is 1. The summed E-state index contributed by atoms with van der Waals surface area (Å²) in [6, 6.07) is 7.96. The Morgan fingerprint density at radius 1 is 1.36 bits per heavy atom. The maximum absolute atomic E-state index is 12.9. The minimum Gasteiger partial charge on any atom is -0.496 e. The van der Waals surface area contributed by atoms with Crippen molar-refractivity contribution in [1.82, 2.24) is 14.9 Å². The van der Waals surface area contributed by atoms with Crippen LogP contribution >= 0.6 is 0 Å². The monoisotopic (exact) mass is 378 g/mol. The van der Waals surface area contributed by atoms with E-state index in [4.69, 9.17) is 4.74 Å². The van der Waals surface area contributed by atoms with Crippen LogP contribution < -0.4 is 4.74 Å². The number of amides is 1. The molecular weight excluding hydrogens is 360 g/mol. The molecule has 0 spiro atoms. The zero-order chi connectivity index (χ0) is 19.7. The number of nitro groups is 1. The van der Waals surface area contributed by atoms with E-state index in [1.54, 1.807) is 11.1 Å². The van der Waals surface area contributed by atoms with Crippen molar-refractivity contribution >= 4 is 28.2 Å². The summed E-state index contributed by atoms with van der Waals surface area (Å²) in [6.45, 7) is 0.941. The maximum Gasteiger partial charge on any atom is 0.270 e. The van der Waals surface area contributed by atoms with Gasteiger partial charge in [0.25, 0.3) is 11.6 Å². The lowest BCUT2D eigenvalue weighted by atomic mass is 9.99. The van der Waals surface area contributed by atoms with Crippen molar-refractivity contribution in [3.05, 3.63) is 70.0 Å². The van der Waals surface area contributed by atoms with E-state index in [0.717, 1.165) is 22.2 Å². The van der Waals surface area contributed by atoms with Crippen LogP contribution in [0.4, 0.5) is 5.69 Å². The number of methoxy groups -OCH3 is 1. The first kappa shape index (κ1) is 17.7. The molecule has 1 aliphatic rings. The standard InChI is InChI=1S/C20H18N4O4/c1-28-18-5-4-14(24(26)27)11-16(18)20(25)23-9-6-13(7-10-23)17-12-22-19-15(17)3-2-8-21-19/h2-6,8,11-12H,7,9-10H2,1H3,(H,21,22). The Balaban J connectivity index is 1.59. The van der Waals surface area contributed by atoms with E-state index in [2.05, 4.69) is 9.97 Å². The van der Waals surface area contributed by atoms with E-state index in [1.165, 1.54) is 25.3 Å². The molecule has 1 aromatic carbocycles. The first-order valence-electron chi connectivity index (χ1n) is 8.81. The molecule has 4 rings (SSSR count). The van der Waals surface area contributed by atoms with Gasteiger partial charge in [0.05, 0.1) is 17.6 Å². The van der Waals surface area contributed by atoms with Crippen LogP contribution in [0.25, 0.3) is 16.6 Å². The zero-order valence-electron chi connectivity index (χ0n) is 15.2. The molecule has 3 heterocycles. The van der Waals surface area contributed by atoms with Gasteiger partial charge in [-0.05, 0) is 30.2 Å². The molecule has 142 valence electrons. The van der Waals surface area contributed by atoms with E-state index in [9.17, 15) is 14.9 Å². The highest BCUT2D eigenvalue weighted by molar-refractivity contribution is 5.98. The number of nitrogens with zero attached hydrogens (tertiary/aromatic N) is 3. The summed E-state index contributed by atoms with van der Waals surface area (Å²) in [5.74, 6) is 0.0459. The van der Waals surface area contributed by atoms with Crippen LogP contribution in [-0.4, -0.2) is 45.9 Å². The Hall–Kier alpha value is -3.68.